The first-order valence-electron chi connectivity index (χ1n) is 10.9. The lowest BCUT2D eigenvalue weighted by Crippen LogP contribution is -2.43. The van der Waals surface area contributed by atoms with Crippen molar-refractivity contribution in [2.24, 2.45) is 0 Å². The molecule has 0 spiro atoms. The summed E-state index contributed by atoms with van der Waals surface area (Å²) in [6.07, 6.45) is 8.32. The summed E-state index contributed by atoms with van der Waals surface area (Å²) in [5.74, 6) is 1.82. The van der Waals surface area contributed by atoms with Gasteiger partial charge in [0.15, 0.2) is 0 Å². The molecule has 1 heterocycles. The van der Waals surface area contributed by atoms with Crippen LogP contribution in [0.3, 0.4) is 0 Å². The van der Waals surface area contributed by atoms with Crippen LogP contribution >= 0.6 is 0 Å². The van der Waals surface area contributed by atoms with Gasteiger partial charge in [0.1, 0.15) is 6.23 Å². The van der Waals surface area contributed by atoms with Gasteiger partial charge < -0.3 is 30.1 Å². The maximum Gasteiger partial charge on any atom is 0.248 e. The van der Waals surface area contributed by atoms with Crippen molar-refractivity contribution in [3.05, 3.63) is 12.2 Å². The van der Waals surface area contributed by atoms with Gasteiger partial charge in [-0.3, -0.25) is 14.4 Å². The maximum atomic E-state index is 12.1. The average Bonchev–Trinajstić information content (AvgIpc) is 3.03. The molecule has 0 saturated carbocycles. The number of carbonyl (C=O) groups excluding carboxylic acids is 3. The molecular formula is C23H37N3O6. The van der Waals surface area contributed by atoms with E-state index in [1.165, 1.54) is 17.1 Å². The lowest BCUT2D eigenvalue weighted by atomic mass is 10.1. The van der Waals surface area contributed by atoms with Gasteiger partial charge in [-0.2, -0.15) is 0 Å². The Morgan fingerprint density at radius 3 is 2.41 bits per heavy atom. The van der Waals surface area contributed by atoms with Crippen molar-refractivity contribution in [3.63, 3.8) is 0 Å². The third-order valence-electron chi connectivity index (χ3n) is 4.91. The molecule has 1 rings (SSSR count). The zero-order valence-corrected chi connectivity index (χ0v) is 19.6. The molecule has 0 radical (unpaired) electrons. The van der Waals surface area contributed by atoms with E-state index in [-0.39, 0.29) is 30.7 Å². The molecule has 0 aromatic rings. The Labute approximate surface area is 190 Å². The predicted octanol–water partition coefficient (Wildman–Crippen LogP) is 0.720. The largest absolute Gasteiger partial charge is 0.374 e. The van der Waals surface area contributed by atoms with Crippen LogP contribution in [0.25, 0.3) is 0 Å². The Bertz CT molecular complexity index is 711. The molecule has 0 aromatic carbocycles. The highest BCUT2D eigenvalue weighted by Crippen LogP contribution is 2.17. The summed E-state index contributed by atoms with van der Waals surface area (Å²) in [4.78, 5) is 36.4. The fraction of sp³-hybridized carbons (Fsp3) is 0.696. The summed E-state index contributed by atoms with van der Waals surface area (Å²) in [6, 6.07) is 0. The highest BCUT2D eigenvalue weighted by molar-refractivity contribution is 5.90. The first-order chi connectivity index (χ1) is 15.0. The molecule has 1 unspecified atom stereocenters. The first kappa shape index (κ1) is 27.6. The molecule has 9 heteroatoms. The Hall–Kier alpha value is -2.41. The van der Waals surface area contributed by atoms with E-state index in [1.54, 1.807) is 0 Å². The minimum absolute atomic E-state index is 0.0867. The van der Waals surface area contributed by atoms with Gasteiger partial charge in [0.2, 0.25) is 17.7 Å². The van der Waals surface area contributed by atoms with Crippen LogP contribution in [-0.4, -0.2) is 78.0 Å². The Morgan fingerprint density at radius 1 is 1.12 bits per heavy atom. The fourth-order valence-corrected chi connectivity index (χ4v) is 2.85. The van der Waals surface area contributed by atoms with Crippen LogP contribution < -0.4 is 10.6 Å². The fourth-order valence-electron chi connectivity index (χ4n) is 2.85. The lowest BCUT2D eigenvalue weighted by Gasteiger charge is -2.30. The molecule has 32 heavy (non-hydrogen) atoms. The van der Waals surface area contributed by atoms with E-state index in [1.807, 2.05) is 27.7 Å². The number of hydrogen-bond acceptors (Lipinski definition) is 6. The summed E-state index contributed by atoms with van der Waals surface area (Å²) in [6.45, 7) is 9.36. The van der Waals surface area contributed by atoms with Crippen molar-refractivity contribution in [2.45, 2.75) is 70.8 Å². The molecule has 0 fully saturated rings. The number of amides is 3. The zero-order chi connectivity index (χ0) is 24.2. The third kappa shape index (κ3) is 11.3. The number of rotatable bonds is 15. The molecule has 0 bridgehead atoms. The lowest BCUT2D eigenvalue weighted by molar-refractivity contribution is -0.132. The quantitative estimate of drug-likeness (QED) is 0.250. The Morgan fingerprint density at radius 2 is 1.78 bits per heavy atom. The highest BCUT2D eigenvalue weighted by atomic mass is 16.5. The number of ether oxygens (including phenoxy) is 2. The SMILES string of the molecule is C#CCCC(=O)NCCOC(C)(C)CCOC(C)(C)CNC(=O)CCN1C(=O)C=CC1O. The van der Waals surface area contributed by atoms with Gasteiger partial charge in [0.05, 0.1) is 24.4 Å². The molecule has 0 saturated heterocycles. The number of hydrogen-bond donors (Lipinski definition) is 3. The molecule has 180 valence electrons. The van der Waals surface area contributed by atoms with Gasteiger partial charge in [0, 0.05) is 45.0 Å². The molecule has 1 atom stereocenters. The van der Waals surface area contributed by atoms with Crippen LogP contribution in [0.15, 0.2) is 12.2 Å². The van der Waals surface area contributed by atoms with E-state index in [2.05, 4.69) is 16.6 Å². The molecule has 0 aromatic heterocycles. The van der Waals surface area contributed by atoms with Crippen molar-refractivity contribution in [1.82, 2.24) is 15.5 Å². The second-order valence-electron chi connectivity index (χ2n) is 8.85. The van der Waals surface area contributed by atoms with E-state index >= 15 is 0 Å². The molecule has 9 nitrogen and oxygen atoms in total. The van der Waals surface area contributed by atoms with Crippen LogP contribution in [-0.2, 0) is 23.9 Å². The van der Waals surface area contributed by atoms with Crippen LogP contribution in [0.2, 0.25) is 0 Å². The van der Waals surface area contributed by atoms with E-state index in [9.17, 15) is 19.5 Å². The third-order valence-corrected chi connectivity index (χ3v) is 4.91. The monoisotopic (exact) mass is 451 g/mol. The molecule has 1 aliphatic heterocycles. The van der Waals surface area contributed by atoms with Crippen molar-refractivity contribution in [1.29, 1.82) is 0 Å². The summed E-state index contributed by atoms with van der Waals surface area (Å²) in [5.41, 5.74) is -1.01. The summed E-state index contributed by atoms with van der Waals surface area (Å²) in [5, 5.41) is 15.2. The van der Waals surface area contributed by atoms with E-state index in [0.29, 0.717) is 45.6 Å². The smallest absolute Gasteiger partial charge is 0.248 e. The first-order valence-corrected chi connectivity index (χ1v) is 10.9. The van der Waals surface area contributed by atoms with Gasteiger partial charge in [-0.05, 0) is 40.2 Å². The molecule has 3 amide bonds. The normalized spacial score (nSPS) is 16.2. The number of carbonyl (C=O) groups is 3. The second-order valence-corrected chi connectivity index (χ2v) is 8.85. The van der Waals surface area contributed by atoms with E-state index in [4.69, 9.17) is 15.9 Å². The molecular weight excluding hydrogens is 414 g/mol. The van der Waals surface area contributed by atoms with Crippen LogP contribution in [0, 0.1) is 12.3 Å². The van der Waals surface area contributed by atoms with E-state index in [0.717, 1.165) is 0 Å². The minimum atomic E-state index is -0.967. The second kappa shape index (κ2) is 13.2. The van der Waals surface area contributed by atoms with Gasteiger partial charge >= 0.3 is 0 Å². The topological polar surface area (TPSA) is 117 Å². The van der Waals surface area contributed by atoms with Gasteiger partial charge in [-0.15, -0.1) is 12.3 Å². The standard InChI is InChI=1S/C23H37N3O6/c1-6-7-8-18(27)24-13-16-32-22(2,3)12-15-31-23(4,5)17-25-19(28)11-14-26-20(29)9-10-21(26)30/h1,9-10,20,29H,7-8,11-17H2,2-5H3,(H,24,27)(H,25,28). The van der Waals surface area contributed by atoms with Crippen LogP contribution in [0.1, 0.15) is 53.4 Å². The Balaban J connectivity index is 2.20. The van der Waals surface area contributed by atoms with E-state index < -0.39 is 17.4 Å². The molecule has 0 aliphatic carbocycles. The number of terminal acetylenes is 1. The number of aliphatic hydroxyl groups excluding tert-OH is 1. The Kier molecular flexibility index (Phi) is 11.4. The summed E-state index contributed by atoms with van der Waals surface area (Å²) in [7, 11) is 0. The summed E-state index contributed by atoms with van der Waals surface area (Å²) < 4.78 is 11.8. The minimum Gasteiger partial charge on any atom is -0.374 e. The number of aliphatic hydroxyl groups is 1. The zero-order valence-electron chi connectivity index (χ0n) is 19.6. The van der Waals surface area contributed by atoms with Gasteiger partial charge in [0.25, 0.3) is 0 Å². The molecule has 3 N–H and O–H groups in total. The summed E-state index contributed by atoms with van der Waals surface area (Å²) >= 11 is 0. The van der Waals surface area contributed by atoms with Gasteiger partial charge in [-0.25, -0.2) is 0 Å². The van der Waals surface area contributed by atoms with Crippen LogP contribution in [0.4, 0.5) is 0 Å². The van der Waals surface area contributed by atoms with Crippen molar-refractivity contribution in [3.8, 4) is 12.3 Å². The number of nitrogens with one attached hydrogen (secondary N) is 2. The molecule has 1 aliphatic rings. The van der Waals surface area contributed by atoms with Gasteiger partial charge in [-0.1, -0.05) is 0 Å². The maximum absolute atomic E-state index is 12.1. The van der Waals surface area contributed by atoms with Crippen molar-refractivity contribution < 1.29 is 29.0 Å². The van der Waals surface area contributed by atoms with Crippen molar-refractivity contribution in [2.75, 3.05) is 32.8 Å². The average molecular weight is 452 g/mol. The van der Waals surface area contributed by atoms with Crippen LogP contribution in [0.5, 0.6) is 0 Å². The number of nitrogens with zero attached hydrogens (tertiary/aromatic N) is 1. The van der Waals surface area contributed by atoms with Crippen molar-refractivity contribution >= 4 is 17.7 Å². The predicted molar refractivity (Wildman–Crippen MR) is 120 cm³/mol. The highest BCUT2D eigenvalue weighted by Gasteiger charge is 2.25.